The van der Waals surface area contributed by atoms with E-state index in [4.69, 9.17) is 10.8 Å². The van der Waals surface area contributed by atoms with Crippen LogP contribution in [0.1, 0.15) is 24.9 Å². The molecule has 0 aliphatic rings. The van der Waals surface area contributed by atoms with Crippen LogP contribution in [-0.4, -0.2) is 47.2 Å². The van der Waals surface area contributed by atoms with E-state index in [2.05, 4.69) is 4.98 Å². The molecule has 0 saturated heterocycles. The minimum Gasteiger partial charge on any atom is -0.395 e. The van der Waals surface area contributed by atoms with Gasteiger partial charge in [-0.15, -0.1) is 0 Å². The van der Waals surface area contributed by atoms with Crippen molar-refractivity contribution >= 4 is 0 Å². The highest BCUT2D eigenvalue weighted by Crippen LogP contribution is 2.25. The second-order valence-corrected chi connectivity index (χ2v) is 4.41. The van der Waals surface area contributed by atoms with E-state index in [0.29, 0.717) is 6.42 Å². The normalized spacial score (nSPS) is 14.9. The van der Waals surface area contributed by atoms with Gasteiger partial charge in [-0.3, -0.25) is 9.88 Å². The predicted molar refractivity (Wildman–Crippen MR) is 69.9 cm³/mol. The average Bonchev–Trinajstić information content (AvgIpc) is 2.39. The fourth-order valence-corrected chi connectivity index (χ4v) is 2.15. The third-order valence-electron chi connectivity index (χ3n) is 3.06. The van der Waals surface area contributed by atoms with Crippen LogP contribution >= 0.6 is 0 Å². The summed E-state index contributed by atoms with van der Waals surface area (Å²) in [6.07, 6.45) is 1.46. The highest BCUT2D eigenvalue weighted by Gasteiger charge is 2.27. The molecule has 108 valence electrons. The second kappa shape index (κ2) is 8.14. The number of aliphatic hydroxyl groups is 1. The first-order valence-corrected chi connectivity index (χ1v) is 6.38. The fourth-order valence-electron chi connectivity index (χ4n) is 2.15. The molecule has 0 saturated carbocycles. The van der Waals surface area contributed by atoms with Gasteiger partial charge < -0.3 is 10.8 Å². The van der Waals surface area contributed by atoms with Crippen molar-refractivity contribution in [1.29, 1.82) is 0 Å². The molecule has 0 aromatic carbocycles. The summed E-state index contributed by atoms with van der Waals surface area (Å²) in [5, 5.41) is 9.06. The molecule has 2 atom stereocenters. The van der Waals surface area contributed by atoms with Gasteiger partial charge in [0.1, 0.15) is 0 Å². The summed E-state index contributed by atoms with van der Waals surface area (Å²) in [4.78, 5) is 5.54. The molecule has 0 radical (unpaired) electrons. The van der Waals surface area contributed by atoms with E-state index in [1.807, 2.05) is 13.0 Å². The maximum absolute atomic E-state index is 12.7. The molecule has 0 aliphatic carbocycles. The molecule has 1 heterocycles. The number of aliphatic hydroxyl groups excluding tert-OH is 1. The minimum absolute atomic E-state index is 0.164. The van der Waals surface area contributed by atoms with Crippen molar-refractivity contribution in [1.82, 2.24) is 9.88 Å². The van der Waals surface area contributed by atoms with Gasteiger partial charge in [-0.2, -0.15) is 0 Å². The van der Waals surface area contributed by atoms with Crippen molar-refractivity contribution in [2.24, 2.45) is 5.73 Å². The second-order valence-electron chi connectivity index (χ2n) is 4.41. The number of halogens is 2. The predicted octanol–water partition coefficient (Wildman–Crippen LogP) is 1.42. The van der Waals surface area contributed by atoms with Crippen molar-refractivity contribution in [3.05, 3.63) is 30.1 Å². The van der Waals surface area contributed by atoms with Gasteiger partial charge in [0.25, 0.3) is 6.43 Å². The largest absolute Gasteiger partial charge is 0.395 e. The van der Waals surface area contributed by atoms with Crippen LogP contribution in [0.15, 0.2) is 24.5 Å². The Balaban J connectivity index is 2.99. The molecule has 2 unspecified atom stereocenters. The molecule has 3 N–H and O–H groups in total. The fraction of sp³-hybridized carbons (Fsp3) is 0.615. The van der Waals surface area contributed by atoms with Gasteiger partial charge in [0.05, 0.1) is 19.2 Å². The SMILES string of the molecule is CCC(N)C(c1cccnc1)N(CCO)CC(F)F. The lowest BCUT2D eigenvalue weighted by atomic mass is 9.97. The van der Waals surface area contributed by atoms with Crippen molar-refractivity contribution in [2.45, 2.75) is 31.9 Å². The lowest BCUT2D eigenvalue weighted by Gasteiger charge is -2.34. The molecular formula is C13H21F2N3O. The van der Waals surface area contributed by atoms with E-state index in [1.54, 1.807) is 18.5 Å². The number of aromatic nitrogens is 1. The molecule has 6 heteroatoms. The third kappa shape index (κ3) is 4.81. The van der Waals surface area contributed by atoms with E-state index < -0.39 is 13.0 Å². The first-order chi connectivity index (χ1) is 9.10. The van der Waals surface area contributed by atoms with Crippen LogP contribution in [0.4, 0.5) is 8.78 Å². The highest BCUT2D eigenvalue weighted by molar-refractivity contribution is 5.16. The van der Waals surface area contributed by atoms with Gasteiger partial charge >= 0.3 is 0 Å². The molecule has 1 aromatic rings. The van der Waals surface area contributed by atoms with E-state index in [-0.39, 0.29) is 25.2 Å². The summed E-state index contributed by atoms with van der Waals surface area (Å²) in [5.41, 5.74) is 6.86. The molecule has 4 nitrogen and oxygen atoms in total. The zero-order valence-electron chi connectivity index (χ0n) is 11.0. The Morgan fingerprint density at radius 3 is 2.68 bits per heavy atom. The van der Waals surface area contributed by atoms with E-state index >= 15 is 0 Å². The van der Waals surface area contributed by atoms with Gasteiger partial charge in [-0.1, -0.05) is 13.0 Å². The van der Waals surface area contributed by atoms with Gasteiger partial charge in [0.15, 0.2) is 0 Å². The molecule has 0 bridgehead atoms. The molecule has 0 fully saturated rings. The lowest BCUT2D eigenvalue weighted by Crippen LogP contribution is -2.44. The van der Waals surface area contributed by atoms with Crippen LogP contribution in [0.2, 0.25) is 0 Å². The number of nitrogens with zero attached hydrogens (tertiary/aromatic N) is 2. The molecule has 0 amide bonds. The van der Waals surface area contributed by atoms with Crippen molar-refractivity contribution in [3.8, 4) is 0 Å². The Hall–Kier alpha value is -1.11. The summed E-state index contributed by atoms with van der Waals surface area (Å²) in [7, 11) is 0. The summed E-state index contributed by atoms with van der Waals surface area (Å²) >= 11 is 0. The highest BCUT2D eigenvalue weighted by atomic mass is 19.3. The Labute approximate surface area is 112 Å². The van der Waals surface area contributed by atoms with Crippen LogP contribution in [0.3, 0.4) is 0 Å². The van der Waals surface area contributed by atoms with Gasteiger partial charge in [-0.25, -0.2) is 8.78 Å². The van der Waals surface area contributed by atoms with Crippen molar-refractivity contribution in [2.75, 3.05) is 19.7 Å². The van der Waals surface area contributed by atoms with Crippen LogP contribution in [0, 0.1) is 0 Å². The maximum atomic E-state index is 12.7. The summed E-state index contributed by atoms with van der Waals surface area (Å²) < 4.78 is 25.3. The summed E-state index contributed by atoms with van der Waals surface area (Å²) in [6, 6.07) is 2.93. The number of alkyl halides is 2. The molecule has 0 spiro atoms. The summed E-state index contributed by atoms with van der Waals surface area (Å²) in [5.74, 6) is 0. The number of rotatable bonds is 8. The Morgan fingerprint density at radius 2 is 2.21 bits per heavy atom. The smallest absolute Gasteiger partial charge is 0.251 e. The number of hydrogen-bond donors (Lipinski definition) is 2. The average molecular weight is 273 g/mol. The quantitative estimate of drug-likeness (QED) is 0.752. The van der Waals surface area contributed by atoms with E-state index in [9.17, 15) is 8.78 Å². The van der Waals surface area contributed by atoms with Gasteiger partial charge in [0.2, 0.25) is 0 Å². The van der Waals surface area contributed by atoms with Gasteiger partial charge in [0, 0.05) is 25.0 Å². The Morgan fingerprint density at radius 1 is 1.47 bits per heavy atom. The number of nitrogens with two attached hydrogens (primary N) is 1. The van der Waals surface area contributed by atoms with Crippen molar-refractivity contribution in [3.63, 3.8) is 0 Å². The Bertz CT molecular complexity index is 351. The summed E-state index contributed by atoms with van der Waals surface area (Å²) in [6.45, 7) is 1.48. The number of hydrogen-bond acceptors (Lipinski definition) is 4. The van der Waals surface area contributed by atoms with Crippen molar-refractivity contribution < 1.29 is 13.9 Å². The van der Waals surface area contributed by atoms with E-state index in [1.165, 1.54) is 4.90 Å². The minimum atomic E-state index is -2.46. The van der Waals surface area contributed by atoms with Crippen LogP contribution in [0.5, 0.6) is 0 Å². The molecule has 1 rings (SSSR count). The monoisotopic (exact) mass is 273 g/mol. The first-order valence-electron chi connectivity index (χ1n) is 6.38. The van der Waals surface area contributed by atoms with Crippen LogP contribution in [0.25, 0.3) is 0 Å². The van der Waals surface area contributed by atoms with Crippen LogP contribution in [-0.2, 0) is 0 Å². The topological polar surface area (TPSA) is 62.4 Å². The third-order valence-corrected chi connectivity index (χ3v) is 3.06. The van der Waals surface area contributed by atoms with E-state index in [0.717, 1.165) is 5.56 Å². The zero-order chi connectivity index (χ0) is 14.3. The molecule has 0 aliphatic heterocycles. The van der Waals surface area contributed by atoms with Gasteiger partial charge in [-0.05, 0) is 18.1 Å². The Kier molecular flexibility index (Phi) is 6.83. The standard InChI is InChI=1S/C13H21F2N3O/c1-2-11(16)13(10-4-3-5-17-8-10)18(6-7-19)9-12(14)15/h3-5,8,11-13,19H,2,6-7,9,16H2,1H3. The lowest BCUT2D eigenvalue weighted by molar-refractivity contribution is 0.0466. The zero-order valence-corrected chi connectivity index (χ0v) is 11.0. The number of pyridine rings is 1. The molecular weight excluding hydrogens is 252 g/mol. The molecule has 19 heavy (non-hydrogen) atoms. The maximum Gasteiger partial charge on any atom is 0.251 e. The molecule has 1 aromatic heterocycles. The van der Waals surface area contributed by atoms with Crippen LogP contribution < -0.4 is 5.73 Å². The first kappa shape index (κ1) is 15.9.